The average Bonchev–Trinajstić information content (AvgIpc) is 3.04. The number of hydrogen-bond acceptors (Lipinski definition) is 3. The first-order valence-electron chi connectivity index (χ1n) is 8.08. The first-order valence-corrected chi connectivity index (χ1v) is 9.07. The monoisotopic (exact) mass is 334 g/mol. The second-order valence-corrected chi connectivity index (χ2v) is 6.67. The van der Waals surface area contributed by atoms with Gasteiger partial charge in [-0.25, -0.2) is 4.98 Å². The van der Waals surface area contributed by atoms with E-state index in [0.717, 1.165) is 34.1 Å². The van der Waals surface area contributed by atoms with Crippen LogP contribution in [0.1, 0.15) is 6.42 Å². The smallest absolute Gasteiger partial charge is 0.166 e. The van der Waals surface area contributed by atoms with Crippen LogP contribution in [0.25, 0.3) is 21.8 Å². The molecule has 0 aliphatic carbocycles. The van der Waals surface area contributed by atoms with Crippen molar-refractivity contribution in [2.24, 2.45) is 0 Å². The highest BCUT2D eigenvalue weighted by molar-refractivity contribution is 7.99. The van der Waals surface area contributed by atoms with E-state index < -0.39 is 0 Å². The highest BCUT2D eigenvalue weighted by Crippen LogP contribution is 2.25. The van der Waals surface area contributed by atoms with E-state index in [1.807, 2.05) is 36.4 Å². The van der Waals surface area contributed by atoms with Crippen molar-refractivity contribution in [1.29, 1.82) is 0 Å². The molecule has 120 valence electrons. The van der Waals surface area contributed by atoms with E-state index in [1.54, 1.807) is 11.8 Å². The number of nitrogens with zero attached hydrogens (tertiary/aromatic N) is 1. The molecule has 0 bridgehead atoms. The first kappa shape index (κ1) is 15.1. The van der Waals surface area contributed by atoms with Gasteiger partial charge >= 0.3 is 0 Å². The van der Waals surface area contributed by atoms with Crippen LogP contribution in [0.4, 0.5) is 0 Å². The molecule has 3 aromatic carbocycles. The molecule has 0 saturated carbocycles. The van der Waals surface area contributed by atoms with Gasteiger partial charge < -0.3 is 9.72 Å². The van der Waals surface area contributed by atoms with Crippen molar-refractivity contribution < 1.29 is 4.74 Å². The Labute approximate surface area is 145 Å². The zero-order valence-electron chi connectivity index (χ0n) is 13.2. The van der Waals surface area contributed by atoms with Crippen molar-refractivity contribution in [3.8, 4) is 5.75 Å². The van der Waals surface area contributed by atoms with Crippen molar-refractivity contribution in [3.63, 3.8) is 0 Å². The SMILES string of the molecule is c1ccc2c(OCCCSc3nc4ccccc4[nH]3)cccc2c1. The van der Waals surface area contributed by atoms with Gasteiger partial charge in [0.25, 0.3) is 0 Å². The number of imidazole rings is 1. The number of benzene rings is 3. The van der Waals surface area contributed by atoms with Crippen LogP contribution < -0.4 is 4.74 Å². The molecule has 4 rings (SSSR count). The van der Waals surface area contributed by atoms with E-state index in [4.69, 9.17) is 4.74 Å². The molecule has 1 N–H and O–H groups in total. The van der Waals surface area contributed by atoms with E-state index in [9.17, 15) is 0 Å². The van der Waals surface area contributed by atoms with Gasteiger partial charge in [0.2, 0.25) is 0 Å². The van der Waals surface area contributed by atoms with Gasteiger partial charge in [0, 0.05) is 11.1 Å². The summed E-state index contributed by atoms with van der Waals surface area (Å²) < 4.78 is 5.97. The summed E-state index contributed by atoms with van der Waals surface area (Å²) in [7, 11) is 0. The number of aromatic amines is 1. The lowest BCUT2D eigenvalue weighted by atomic mass is 10.1. The molecule has 24 heavy (non-hydrogen) atoms. The normalized spacial score (nSPS) is 11.2. The van der Waals surface area contributed by atoms with Crippen LogP contribution in [0.15, 0.2) is 71.9 Å². The maximum absolute atomic E-state index is 5.97. The molecule has 0 saturated heterocycles. The minimum Gasteiger partial charge on any atom is -0.493 e. The Bertz CT molecular complexity index is 926. The van der Waals surface area contributed by atoms with E-state index in [1.165, 1.54) is 10.8 Å². The number of para-hydroxylation sites is 2. The summed E-state index contributed by atoms with van der Waals surface area (Å²) in [5.41, 5.74) is 2.11. The fourth-order valence-corrected chi connectivity index (χ4v) is 3.53. The predicted molar refractivity (Wildman–Crippen MR) is 101 cm³/mol. The van der Waals surface area contributed by atoms with E-state index in [0.29, 0.717) is 6.61 Å². The maximum atomic E-state index is 5.97. The van der Waals surface area contributed by atoms with Crippen LogP contribution in [0.2, 0.25) is 0 Å². The molecule has 0 aliphatic heterocycles. The Kier molecular flexibility index (Phi) is 4.38. The lowest BCUT2D eigenvalue weighted by Crippen LogP contribution is -1.99. The molecule has 0 unspecified atom stereocenters. The summed E-state index contributed by atoms with van der Waals surface area (Å²) in [6.07, 6.45) is 0.977. The Balaban J connectivity index is 1.31. The Morgan fingerprint density at radius 1 is 0.917 bits per heavy atom. The van der Waals surface area contributed by atoms with Gasteiger partial charge in [-0.2, -0.15) is 0 Å². The van der Waals surface area contributed by atoms with Crippen molar-refractivity contribution in [1.82, 2.24) is 9.97 Å². The van der Waals surface area contributed by atoms with Gasteiger partial charge in [0.05, 0.1) is 17.6 Å². The summed E-state index contributed by atoms with van der Waals surface area (Å²) in [4.78, 5) is 7.92. The molecule has 0 amide bonds. The first-order chi connectivity index (χ1) is 11.9. The molecule has 4 heteroatoms. The van der Waals surface area contributed by atoms with E-state index in [-0.39, 0.29) is 0 Å². The largest absolute Gasteiger partial charge is 0.493 e. The number of H-pyrrole nitrogens is 1. The number of hydrogen-bond donors (Lipinski definition) is 1. The third kappa shape index (κ3) is 3.24. The Morgan fingerprint density at radius 3 is 2.71 bits per heavy atom. The van der Waals surface area contributed by atoms with Crippen LogP contribution in [-0.2, 0) is 0 Å². The Morgan fingerprint density at radius 2 is 1.75 bits per heavy atom. The zero-order chi connectivity index (χ0) is 16.2. The average molecular weight is 334 g/mol. The van der Waals surface area contributed by atoms with Gasteiger partial charge in [0.1, 0.15) is 5.75 Å². The highest BCUT2D eigenvalue weighted by atomic mass is 32.2. The standard InChI is InChI=1S/C20H18N2OS/c1-2-9-16-15(7-1)8-5-12-19(16)23-13-6-14-24-20-21-17-10-3-4-11-18(17)22-20/h1-5,7-12H,6,13-14H2,(H,21,22). The molecule has 3 nitrogen and oxygen atoms in total. The molecule has 0 radical (unpaired) electrons. The fourth-order valence-electron chi connectivity index (χ4n) is 2.73. The predicted octanol–water partition coefficient (Wildman–Crippen LogP) is 5.28. The molecule has 4 aromatic rings. The minimum absolute atomic E-state index is 0.710. The third-order valence-corrected chi connectivity index (χ3v) is 4.86. The van der Waals surface area contributed by atoms with Gasteiger partial charge in [-0.3, -0.25) is 0 Å². The molecular weight excluding hydrogens is 316 g/mol. The van der Waals surface area contributed by atoms with Crippen molar-refractivity contribution in [3.05, 3.63) is 66.7 Å². The van der Waals surface area contributed by atoms with Crippen molar-refractivity contribution in [2.75, 3.05) is 12.4 Å². The van der Waals surface area contributed by atoms with Crippen LogP contribution in [0.3, 0.4) is 0 Å². The second kappa shape index (κ2) is 6.97. The number of thioether (sulfide) groups is 1. The second-order valence-electron chi connectivity index (χ2n) is 5.59. The molecule has 0 atom stereocenters. The summed E-state index contributed by atoms with van der Waals surface area (Å²) in [5, 5.41) is 3.36. The quantitative estimate of drug-likeness (QED) is 0.385. The van der Waals surface area contributed by atoms with E-state index in [2.05, 4.69) is 40.3 Å². The number of nitrogens with one attached hydrogen (secondary N) is 1. The van der Waals surface area contributed by atoms with Gasteiger partial charge in [-0.1, -0.05) is 60.3 Å². The summed E-state index contributed by atoms with van der Waals surface area (Å²) in [5.74, 6) is 1.94. The molecule has 1 aromatic heterocycles. The number of aromatic nitrogens is 2. The number of fused-ring (bicyclic) bond motifs is 2. The summed E-state index contributed by atoms with van der Waals surface area (Å²) >= 11 is 1.74. The highest BCUT2D eigenvalue weighted by Gasteiger charge is 2.03. The lowest BCUT2D eigenvalue weighted by Gasteiger charge is -2.08. The van der Waals surface area contributed by atoms with Gasteiger partial charge in [-0.15, -0.1) is 0 Å². The third-order valence-electron chi connectivity index (χ3n) is 3.90. The lowest BCUT2D eigenvalue weighted by molar-refractivity contribution is 0.322. The minimum atomic E-state index is 0.710. The van der Waals surface area contributed by atoms with E-state index >= 15 is 0 Å². The van der Waals surface area contributed by atoms with Crippen LogP contribution >= 0.6 is 11.8 Å². The van der Waals surface area contributed by atoms with Gasteiger partial charge in [0.15, 0.2) is 5.16 Å². The van der Waals surface area contributed by atoms with Crippen LogP contribution in [-0.4, -0.2) is 22.3 Å². The van der Waals surface area contributed by atoms with Crippen LogP contribution in [0, 0.1) is 0 Å². The molecule has 0 fully saturated rings. The van der Waals surface area contributed by atoms with Crippen molar-refractivity contribution >= 4 is 33.6 Å². The maximum Gasteiger partial charge on any atom is 0.166 e. The summed E-state index contributed by atoms with van der Waals surface area (Å²) in [6, 6.07) is 22.6. The summed E-state index contributed by atoms with van der Waals surface area (Å²) in [6.45, 7) is 0.710. The van der Waals surface area contributed by atoms with Crippen molar-refractivity contribution in [2.45, 2.75) is 11.6 Å². The zero-order valence-corrected chi connectivity index (χ0v) is 14.1. The van der Waals surface area contributed by atoms with Crippen LogP contribution in [0.5, 0.6) is 5.75 Å². The molecule has 0 aliphatic rings. The topological polar surface area (TPSA) is 37.9 Å². The molecule has 0 spiro atoms. The fraction of sp³-hybridized carbons (Fsp3) is 0.150. The Hall–Kier alpha value is -2.46. The van der Waals surface area contributed by atoms with Gasteiger partial charge in [-0.05, 0) is 30.0 Å². The molecular formula is C20H18N2OS. The number of rotatable bonds is 6. The number of ether oxygens (including phenoxy) is 1. The molecule has 1 heterocycles.